The Labute approximate surface area is 325 Å². The van der Waals surface area contributed by atoms with Crippen LogP contribution in [0.2, 0.25) is 0 Å². The van der Waals surface area contributed by atoms with Crippen LogP contribution >= 0.6 is 0 Å². The van der Waals surface area contributed by atoms with E-state index in [1.165, 1.54) is 9.80 Å². The molecule has 0 fully saturated rings. The summed E-state index contributed by atoms with van der Waals surface area (Å²) in [4.78, 5) is 80.0. The fourth-order valence-corrected chi connectivity index (χ4v) is 4.08. The molecule has 0 aromatic carbocycles. The maximum atomic E-state index is 13.5. The van der Waals surface area contributed by atoms with Gasteiger partial charge in [0.2, 0.25) is 5.91 Å². The molecule has 0 rings (SSSR count). The van der Waals surface area contributed by atoms with Gasteiger partial charge < -0.3 is 41.7 Å². The summed E-state index contributed by atoms with van der Waals surface area (Å²) < 4.78 is 21.9. The predicted octanol–water partition coefficient (Wildman–Crippen LogP) is 2.46. The van der Waals surface area contributed by atoms with Gasteiger partial charge in [-0.15, -0.1) is 0 Å². The van der Waals surface area contributed by atoms with Crippen LogP contribution in [0, 0.1) is 14.5 Å². The third-order valence-corrected chi connectivity index (χ3v) is 5.66. The van der Waals surface area contributed by atoms with E-state index < -0.39 is 77.2 Å². The molecule has 51 heavy (non-hydrogen) atoms. The largest absolute Gasteiger partial charge is 0.480 e. The molecule has 17 heteroatoms. The van der Waals surface area contributed by atoms with Crippen LogP contribution in [-0.4, -0.2) is 136 Å². The van der Waals surface area contributed by atoms with Gasteiger partial charge in [0.05, 0.1) is 26.1 Å². The van der Waals surface area contributed by atoms with Gasteiger partial charge in [-0.05, 0) is 89.6 Å². The quantitative estimate of drug-likeness (QED) is 0.117. The van der Waals surface area contributed by atoms with Crippen LogP contribution in [0.5, 0.6) is 0 Å². The van der Waals surface area contributed by atoms with Crippen LogP contribution in [-0.2, 0) is 81.3 Å². The van der Waals surface area contributed by atoms with Crippen LogP contribution in [0.1, 0.15) is 89.5 Å². The van der Waals surface area contributed by atoms with Crippen LogP contribution in [0.3, 0.4) is 0 Å². The van der Waals surface area contributed by atoms with E-state index in [-0.39, 0.29) is 86.8 Å². The van der Waals surface area contributed by atoms with E-state index in [0.29, 0.717) is 0 Å². The molecule has 0 aliphatic carbocycles. The number of carbonyl (C=O) groups is 6. The average Bonchev–Trinajstić information content (AvgIpc) is 2.81. The molecule has 2 radical (unpaired) electrons. The van der Waals surface area contributed by atoms with Crippen LogP contribution in [0.4, 0.5) is 0 Å². The molecule has 1 atom stereocenters. The number of carbonyl (C=O) groups excluding carboxylic acids is 5. The van der Waals surface area contributed by atoms with Crippen LogP contribution < -0.4 is 5.32 Å². The SMILES string of the molecule is [CH2-]N(CCN(CCN(CC(=O)OC(C)(C)C)CC(=O)OC(C)(C)C)[C@@H](CC(=O)NCC(=O)O)C(=O)OC(C)(C)C)CC(=O)OC(C)(C)C.[CH3-].[Co].[Co]. The minimum absolute atomic E-state index is 0. The number of amides is 1. The standard InChI is InChI=1S/C33H59N4O11.CH3.2Co/c1-30(2,3)45-26(41)20-35(13)14-16-37(23(29(44)48-33(10,11)12)18-24(38)34-19-25(39)40)17-15-36(21-27(42)46-31(4,5)6)22-28(43)47-32(7,8)9;;;/h23H,13-22H2,1-12H3,(H,34,38)(H,39,40);1H3;;/q2*-1;;/t23-;;;/m0.../s1. The summed E-state index contributed by atoms with van der Waals surface area (Å²) in [5.41, 5.74) is -3.19. The number of nitrogens with zero attached hydrogens (tertiary/aromatic N) is 3. The molecule has 0 aliphatic heterocycles. The molecule has 0 heterocycles. The Morgan fingerprint density at radius 2 is 1.00 bits per heavy atom. The molecule has 0 bridgehead atoms. The Hall–Kier alpha value is -2.29. The number of aliphatic carboxylic acids is 1. The van der Waals surface area contributed by atoms with Crippen molar-refractivity contribution in [2.75, 3.05) is 52.4 Å². The summed E-state index contributed by atoms with van der Waals surface area (Å²) >= 11 is 0. The molecule has 0 spiro atoms. The van der Waals surface area contributed by atoms with E-state index >= 15 is 0 Å². The third-order valence-electron chi connectivity index (χ3n) is 5.66. The van der Waals surface area contributed by atoms with Crippen molar-refractivity contribution >= 4 is 35.8 Å². The average molecular weight is 821 g/mol. The molecule has 304 valence electrons. The second kappa shape index (κ2) is 24.1. The molecule has 0 aromatic heterocycles. The van der Waals surface area contributed by atoms with Crippen molar-refractivity contribution in [1.82, 2.24) is 20.0 Å². The van der Waals surface area contributed by atoms with Crippen molar-refractivity contribution in [1.29, 1.82) is 0 Å². The summed E-state index contributed by atoms with van der Waals surface area (Å²) in [7, 11) is 3.91. The number of hydrogen-bond donors (Lipinski definition) is 2. The maximum absolute atomic E-state index is 13.5. The van der Waals surface area contributed by atoms with Gasteiger partial charge >= 0.3 is 29.8 Å². The van der Waals surface area contributed by atoms with Crippen molar-refractivity contribution in [2.45, 2.75) is 118 Å². The predicted molar refractivity (Wildman–Crippen MR) is 184 cm³/mol. The molecule has 2 N–H and O–H groups in total. The van der Waals surface area contributed by atoms with Gasteiger partial charge in [-0.1, -0.05) is 0 Å². The zero-order chi connectivity index (χ0) is 37.7. The number of carboxylic acid groups (broad SMARTS) is 1. The first kappa shape index (κ1) is 55.5. The van der Waals surface area contributed by atoms with Gasteiger partial charge in [-0.3, -0.25) is 45.6 Å². The van der Waals surface area contributed by atoms with Crippen LogP contribution in [0.15, 0.2) is 0 Å². The molecular formula is C34H62Co2N4O11-2. The van der Waals surface area contributed by atoms with E-state index in [0.717, 1.165) is 0 Å². The second-order valence-electron chi connectivity index (χ2n) is 15.5. The monoisotopic (exact) mass is 820 g/mol. The normalized spacial score (nSPS) is 12.5. The minimum atomic E-state index is -1.26. The number of nitrogens with one attached hydrogen (secondary N) is 1. The maximum Gasteiger partial charge on any atom is 0.324 e. The summed E-state index contributed by atoms with van der Waals surface area (Å²) in [5.74, 6) is -4.41. The summed E-state index contributed by atoms with van der Waals surface area (Å²) in [6, 6.07) is -1.21. The summed E-state index contributed by atoms with van der Waals surface area (Å²) in [5, 5.41) is 11.3. The first-order chi connectivity index (χ1) is 21.5. The number of ether oxygens (including phenoxy) is 4. The Bertz CT molecular complexity index is 1080. The molecule has 0 aliphatic rings. The smallest absolute Gasteiger partial charge is 0.324 e. The Balaban J connectivity index is -0.00000368. The molecule has 0 unspecified atom stereocenters. The first-order valence-electron chi connectivity index (χ1n) is 15.9. The topological polar surface area (TPSA) is 181 Å². The van der Waals surface area contributed by atoms with E-state index in [1.54, 1.807) is 88.0 Å². The number of rotatable bonds is 18. The van der Waals surface area contributed by atoms with Crippen molar-refractivity contribution < 1.29 is 86.4 Å². The van der Waals surface area contributed by atoms with E-state index in [1.807, 2.05) is 0 Å². The first-order valence-corrected chi connectivity index (χ1v) is 15.9. The molecule has 0 saturated carbocycles. The summed E-state index contributed by atoms with van der Waals surface area (Å²) in [6.45, 7) is 19.4. The van der Waals surface area contributed by atoms with Crippen molar-refractivity contribution in [3.63, 3.8) is 0 Å². The van der Waals surface area contributed by atoms with Gasteiger partial charge in [0.15, 0.2) is 0 Å². The van der Waals surface area contributed by atoms with Gasteiger partial charge in [0.1, 0.15) is 35.0 Å². The second-order valence-corrected chi connectivity index (χ2v) is 15.5. The zero-order valence-electron chi connectivity index (χ0n) is 32.7. The van der Waals surface area contributed by atoms with Gasteiger partial charge in [0.25, 0.3) is 0 Å². The molecule has 1 amide bonds. The number of carboxylic acids is 1. The van der Waals surface area contributed by atoms with Crippen molar-refractivity contribution in [3.05, 3.63) is 14.5 Å². The van der Waals surface area contributed by atoms with Gasteiger partial charge in [-0.2, -0.15) is 0 Å². The van der Waals surface area contributed by atoms with E-state index in [4.69, 9.17) is 24.1 Å². The fraction of sp³-hybridized carbons (Fsp3) is 0.765. The molecular weight excluding hydrogens is 758 g/mol. The van der Waals surface area contributed by atoms with Gasteiger partial charge in [-0.25, -0.2) is 0 Å². The Morgan fingerprint density at radius 1 is 0.627 bits per heavy atom. The Kier molecular flexibility index (Phi) is 26.2. The zero-order valence-corrected chi connectivity index (χ0v) is 34.8. The van der Waals surface area contributed by atoms with Gasteiger partial charge in [0, 0.05) is 53.2 Å². The Morgan fingerprint density at radius 3 is 1.37 bits per heavy atom. The van der Waals surface area contributed by atoms with E-state index in [2.05, 4.69) is 12.4 Å². The number of esters is 4. The summed E-state index contributed by atoms with van der Waals surface area (Å²) in [6.07, 6.45) is -0.455. The van der Waals surface area contributed by atoms with E-state index in [9.17, 15) is 28.8 Å². The van der Waals surface area contributed by atoms with Crippen molar-refractivity contribution in [2.24, 2.45) is 0 Å². The molecule has 15 nitrogen and oxygen atoms in total. The van der Waals surface area contributed by atoms with Crippen LogP contribution in [0.25, 0.3) is 0 Å². The fourth-order valence-electron chi connectivity index (χ4n) is 4.08. The third kappa shape index (κ3) is 31.0. The number of hydrogen-bond acceptors (Lipinski definition) is 13. The molecule has 0 aromatic rings. The minimum Gasteiger partial charge on any atom is -0.480 e. The molecule has 0 saturated heterocycles. The van der Waals surface area contributed by atoms with Crippen molar-refractivity contribution in [3.8, 4) is 0 Å².